The Morgan fingerprint density at radius 3 is 2.26 bits per heavy atom. The summed E-state index contributed by atoms with van der Waals surface area (Å²) in [7, 11) is 0. The van der Waals surface area contributed by atoms with Crippen LogP contribution in [-0.2, 0) is 0 Å². The van der Waals surface area contributed by atoms with Crippen molar-refractivity contribution in [2.75, 3.05) is 11.1 Å². The molecule has 0 aromatic heterocycles. The van der Waals surface area contributed by atoms with Crippen molar-refractivity contribution >= 4 is 65.1 Å². The Morgan fingerprint density at radius 1 is 1.00 bits per heavy atom. The van der Waals surface area contributed by atoms with Crippen molar-refractivity contribution in [3.8, 4) is 0 Å². The Morgan fingerprint density at radius 2 is 1.63 bits per heavy atom. The second-order valence-electron chi connectivity index (χ2n) is 3.85. The Hall–Kier alpha value is -0.850. The molecule has 98 valence electrons. The fraction of sp³-hybridized carbons (Fsp3) is 0. The highest BCUT2D eigenvalue weighted by Gasteiger charge is 2.10. The quantitative estimate of drug-likeness (QED) is 0.648. The first-order chi connectivity index (χ1) is 8.95. The lowest BCUT2D eigenvalue weighted by Crippen LogP contribution is -2.12. The summed E-state index contributed by atoms with van der Waals surface area (Å²) in [5.74, 6) is -0.201. The molecule has 6 heteroatoms. The van der Waals surface area contributed by atoms with Crippen LogP contribution < -0.4 is 11.1 Å². The molecular weight excluding hydrogens is 440 g/mol. The monoisotopic (exact) mass is 446 g/mol. The van der Waals surface area contributed by atoms with Gasteiger partial charge in [0, 0.05) is 24.7 Å². The summed E-state index contributed by atoms with van der Waals surface area (Å²) >= 11 is 10.1. The van der Waals surface area contributed by atoms with E-state index in [-0.39, 0.29) is 5.91 Å². The van der Waals surface area contributed by atoms with Crippen molar-refractivity contribution in [1.82, 2.24) is 0 Å². The lowest BCUT2D eigenvalue weighted by Gasteiger charge is -2.09. The van der Waals surface area contributed by atoms with E-state index in [2.05, 4.69) is 53.1 Å². The lowest BCUT2D eigenvalue weighted by molar-refractivity contribution is 0.102. The zero-order valence-electron chi connectivity index (χ0n) is 9.58. The van der Waals surface area contributed by atoms with Crippen LogP contribution in [0.25, 0.3) is 0 Å². The SMILES string of the molecule is Nc1ccc(Br)c(NC(=O)c2cc(Br)cc(Br)c2)c1. The van der Waals surface area contributed by atoms with E-state index in [0.29, 0.717) is 16.9 Å². The maximum atomic E-state index is 12.2. The van der Waals surface area contributed by atoms with Gasteiger partial charge in [-0.1, -0.05) is 31.9 Å². The molecule has 0 atom stereocenters. The first-order valence-electron chi connectivity index (χ1n) is 5.28. The van der Waals surface area contributed by atoms with E-state index in [4.69, 9.17) is 5.73 Å². The van der Waals surface area contributed by atoms with Gasteiger partial charge in [0.15, 0.2) is 0 Å². The average Bonchev–Trinajstić information content (AvgIpc) is 2.32. The highest BCUT2D eigenvalue weighted by Crippen LogP contribution is 2.26. The Bertz CT molecular complexity index is 624. The van der Waals surface area contributed by atoms with Crippen molar-refractivity contribution in [3.63, 3.8) is 0 Å². The van der Waals surface area contributed by atoms with Gasteiger partial charge in [-0.15, -0.1) is 0 Å². The third-order valence-electron chi connectivity index (χ3n) is 2.36. The molecule has 0 saturated heterocycles. The molecule has 0 heterocycles. The first kappa shape index (κ1) is 14.6. The standard InChI is InChI=1S/C13H9Br3N2O/c14-8-3-7(4-9(15)5-8)13(19)18-12-6-10(17)1-2-11(12)16/h1-6H,17H2,(H,18,19). The van der Waals surface area contributed by atoms with Gasteiger partial charge < -0.3 is 11.1 Å². The van der Waals surface area contributed by atoms with Crippen molar-refractivity contribution < 1.29 is 4.79 Å². The number of hydrogen-bond acceptors (Lipinski definition) is 2. The van der Waals surface area contributed by atoms with Crippen LogP contribution in [0.2, 0.25) is 0 Å². The molecule has 0 unspecified atom stereocenters. The molecule has 2 aromatic carbocycles. The minimum atomic E-state index is -0.201. The van der Waals surface area contributed by atoms with E-state index in [1.165, 1.54) is 0 Å². The largest absolute Gasteiger partial charge is 0.399 e. The van der Waals surface area contributed by atoms with Crippen molar-refractivity contribution in [1.29, 1.82) is 0 Å². The van der Waals surface area contributed by atoms with Gasteiger partial charge >= 0.3 is 0 Å². The highest BCUT2D eigenvalue weighted by atomic mass is 79.9. The molecule has 2 rings (SSSR count). The number of nitrogens with two attached hydrogens (primary N) is 1. The van der Waals surface area contributed by atoms with E-state index < -0.39 is 0 Å². The van der Waals surface area contributed by atoms with Gasteiger partial charge in [0.05, 0.1) is 5.69 Å². The number of nitrogen functional groups attached to an aromatic ring is 1. The van der Waals surface area contributed by atoms with Crippen LogP contribution in [0.1, 0.15) is 10.4 Å². The van der Waals surface area contributed by atoms with Crippen LogP contribution >= 0.6 is 47.8 Å². The summed E-state index contributed by atoms with van der Waals surface area (Å²) in [4.78, 5) is 12.2. The smallest absolute Gasteiger partial charge is 0.255 e. The summed E-state index contributed by atoms with van der Waals surface area (Å²) in [5, 5.41) is 2.81. The number of anilines is 2. The number of benzene rings is 2. The van der Waals surface area contributed by atoms with Crippen LogP contribution in [0.5, 0.6) is 0 Å². The van der Waals surface area contributed by atoms with Crippen LogP contribution in [-0.4, -0.2) is 5.91 Å². The van der Waals surface area contributed by atoms with E-state index in [1.807, 2.05) is 6.07 Å². The van der Waals surface area contributed by atoms with Gasteiger partial charge in [0.2, 0.25) is 0 Å². The number of nitrogens with one attached hydrogen (secondary N) is 1. The van der Waals surface area contributed by atoms with Gasteiger partial charge in [0.25, 0.3) is 5.91 Å². The minimum Gasteiger partial charge on any atom is -0.399 e. The third kappa shape index (κ3) is 3.81. The van der Waals surface area contributed by atoms with E-state index in [9.17, 15) is 4.79 Å². The van der Waals surface area contributed by atoms with Gasteiger partial charge in [-0.2, -0.15) is 0 Å². The highest BCUT2D eigenvalue weighted by molar-refractivity contribution is 9.11. The second kappa shape index (κ2) is 6.07. The molecule has 0 aliphatic carbocycles. The molecule has 0 spiro atoms. The number of halogens is 3. The number of hydrogen-bond donors (Lipinski definition) is 2. The van der Waals surface area contributed by atoms with E-state index in [0.717, 1.165) is 13.4 Å². The average molecular weight is 449 g/mol. The zero-order valence-corrected chi connectivity index (χ0v) is 14.3. The second-order valence-corrected chi connectivity index (χ2v) is 6.54. The predicted molar refractivity (Wildman–Crippen MR) is 88.3 cm³/mol. The van der Waals surface area contributed by atoms with Gasteiger partial charge in [-0.05, 0) is 52.3 Å². The van der Waals surface area contributed by atoms with Gasteiger partial charge in [-0.3, -0.25) is 4.79 Å². The predicted octanol–water partition coefficient (Wildman–Crippen LogP) is 4.81. The summed E-state index contributed by atoms with van der Waals surface area (Å²) in [6.45, 7) is 0. The van der Waals surface area contributed by atoms with E-state index in [1.54, 1.807) is 30.3 Å². The number of rotatable bonds is 2. The van der Waals surface area contributed by atoms with Crippen molar-refractivity contribution in [2.45, 2.75) is 0 Å². The Labute approximate surface area is 136 Å². The summed E-state index contributed by atoms with van der Waals surface area (Å²) < 4.78 is 2.45. The molecule has 0 aliphatic rings. The first-order valence-corrected chi connectivity index (χ1v) is 7.66. The summed E-state index contributed by atoms with van der Waals surface area (Å²) in [6.07, 6.45) is 0. The molecule has 0 radical (unpaired) electrons. The third-order valence-corrected chi connectivity index (χ3v) is 3.97. The zero-order chi connectivity index (χ0) is 14.0. The molecule has 3 nitrogen and oxygen atoms in total. The lowest BCUT2D eigenvalue weighted by atomic mass is 10.2. The topological polar surface area (TPSA) is 55.1 Å². The Kier molecular flexibility index (Phi) is 4.65. The number of amides is 1. The minimum absolute atomic E-state index is 0.201. The molecule has 0 saturated carbocycles. The van der Waals surface area contributed by atoms with Crippen molar-refractivity contribution in [2.24, 2.45) is 0 Å². The maximum Gasteiger partial charge on any atom is 0.255 e. The molecule has 0 fully saturated rings. The van der Waals surface area contributed by atoms with Crippen LogP contribution in [0.15, 0.2) is 49.8 Å². The Balaban J connectivity index is 2.28. The molecule has 19 heavy (non-hydrogen) atoms. The maximum absolute atomic E-state index is 12.2. The molecular formula is C13H9Br3N2O. The molecule has 1 amide bonds. The summed E-state index contributed by atoms with van der Waals surface area (Å²) in [6, 6.07) is 10.6. The normalized spacial score (nSPS) is 10.3. The van der Waals surface area contributed by atoms with E-state index >= 15 is 0 Å². The fourth-order valence-electron chi connectivity index (χ4n) is 1.52. The summed E-state index contributed by atoms with van der Waals surface area (Å²) in [5.41, 5.74) is 7.49. The molecule has 0 bridgehead atoms. The van der Waals surface area contributed by atoms with Crippen LogP contribution in [0, 0.1) is 0 Å². The number of carbonyl (C=O) groups excluding carboxylic acids is 1. The molecule has 2 aromatic rings. The van der Waals surface area contributed by atoms with Gasteiger partial charge in [0.1, 0.15) is 0 Å². The number of carbonyl (C=O) groups is 1. The molecule has 0 aliphatic heterocycles. The molecule has 3 N–H and O–H groups in total. The van der Waals surface area contributed by atoms with Crippen molar-refractivity contribution in [3.05, 3.63) is 55.4 Å². The van der Waals surface area contributed by atoms with Crippen LogP contribution in [0.3, 0.4) is 0 Å². The van der Waals surface area contributed by atoms with Gasteiger partial charge in [-0.25, -0.2) is 0 Å². The van der Waals surface area contributed by atoms with Crippen LogP contribution in [0.4, 0.5) is 11.4 Å². The fourth-order valence-corrected chi connectivity index (χ4v) is 3.16.